The second-order valence-electron chi connectivity index (χ2n) is 5.18. The zero-order valence-electron chi connectivity index (χ0n) is 9.88. The molecule has 0 bridgehead atoms. The number of ether oxygens (including phenoxy) is 1. The van der Waals surface area contributed by atoms with E-state index < -0.39 is 0 Å². The van der Waals surface area contributed by atoms with Crippen molar-refractivity contribution in [1.29, 1.82) is 0 Å². The lowest BCUT2D eigenvalue weighted by Crippen LogP contribution is -2.07. The Morgan fingerprint density at radius 1 is 1.35 bits per heavy atom. The molecule has 0 spiro atoms. The fourth-order valence-corrected chi connectivity index (χ4v) is 3.94. The molecule has 2 aliphatic rings. The molecule has 0 aromatic heterocycles. The minimum atomic E-state index is 0.416. The van der Waals surface area contributed by atoms with Gasteiger partial charge in [0, 0.05) is 21.3 Å². The van der Waals surface area contributed by atoms with Gasteiger partial charge in [-0.15, -0.1) is 0 Å². The maximum atomic E-state index is 5.81. The van der Waals surface area contributed by atoms with Crippen molar-refractivity contribution in [3.05, 3.63) is 27.7 Å². The maximum Gasteiger partial charge on any atom is 0.127 e. The summed E-state index contributed by atoms with van der Waals surface area (Å²) in [6, 6.07) is 4.40. The molecule has 0 amide bonds. The molecule has 0 radical (unpaired) electrons. The van der Waals surface area contributed by atoms with Crippen molar-refractivity contribution in [2.45, 2.75) is 31.0 Å². The van der Waals surface area contributed by atoms with E-state index in [1.54, 1.807) is 0 Å². The molecule has 2 atom stereocenters. The van der Waals surface area contributed by atoms with Crippen LogP contribution in [-0.2, 0) is 6.42 Å². The molecule has 1 aromatic rings. The molecule has 1 saturated carbocycles. The molecule has 1 aliphatic carbocycles. The smallest absolute Gasteiger partial charge is 0.127 e. The van der Waals surface area contributed by atoms with E-state index in [9.17, 15) is 0 Å². The number of alkyl halides is 1. The lowest BCUT2D eigenvalue weighted by Gasteiger charge is -2.20. The quantitative estimate of drug-likeness (QED) is 0.700. The van der Waals surface area contributed by atoms with Crippen LogP contribution >= 0.6 is 31.9 Å². The van der Waals surface area contributed by atoms with Crippen molar-refractivity contribution in [1.82, 2.24) is 0 Å². The van der Waals surface area contributed by atoms with E-state index in [0.717, 1.165) is 24.7 Å². The molecule has 0 N–H and O–H groups in total. The first kappa shape index (κ1) is 12.0. The zero-order chi connectivity index (χ0) is 12.0. The molecule has 1 nitrogen and oxygen atoms in total. The fraction of sp³-hybridized carbons (Fsp3) is 0.571. The first-order valence-electron chi connectivity index (χ1n) is 6.26. The summed E-state index contributed by atoms with van der Waals surface area (Å²) in [5, 5.41) is 0. The van der Waals surface area contributed by atoms with E-state index in [-0.39, 0.29) is 0 Å². The largest absolute Gasteiger partial charge is 0.493 e. The summed E-state index contributed by atoms with van der Waals surface area (Å²) in [6.07, 6.45) is 3.82. The van der Waals surface area contributed by atoms with Gasteiger partial charge in [-0.2, -0.15) is 0 Å². The van der Waals surface area contributed by atoms with Crippen LogP contribution in [0.25, 0.3) is 0 Å². The SMILES string of the molecule is CC(C1CC1)C(Br)c1cc(Br)cc2c1OCC2. The van der Waals surface area contributed by atoms with Crippen molar-refractivity contribution in [3.8, 4) is 5.75 Å². The summed E-state index contributed by atoms with van der Waals surface area (Å²) in [5.41, 5.74) is 2.67. The van der Waals surface area contributed by atoms with E-state index in [0.29, 0.717) is 10.7 Å². The predicted octanol–water partition coefficient (Wildman–Crippen LogP) is 4.87. The Morgan fingerprint density at radius 3 is 2.82 bits per heavy atom. The molecule has 1 fully saturated rings. The Balaban J connectivity index is 1.96. The first-order chi connectivity index (χ1) is 8.16. The number of halogens is 2. The predicted molar refractivity (Wildman–Crippen MR) is 76.9 cm³/mol. The van der Waals surface area contributed by atoms with Gasteiger partial charge < -0.3 is 4.74 Å². The van der Waals surface area contributed by atoms with Gasteiger partial charge in [-0.1, -0.05) is 38.8 Å². The normalized spacial score (nSPS) is 21.8. The summed E-state index contributed by atoms with van der Waals surface area (Å²) < 4.78 is 6.98. The first-order valence-corrected chi connectivity index (χ1v) is 7.97. The number of rotatable bonds is 3. The lowest BCUT2D eigenvalue weighted by molar-refractivity contribution is 0.350. The Kier molecular flexibility index (Phi) is 3.24. The van der Waals surface area contributed by atoms with Crippen LogP contribution in [0.4, 0.5) is 0 Å². The maximum absolute atomic E-state index is 5.81. The Bertz CT molecular complexity index is 440. The summed E-state index contributed by atoms with van der Waals surface area (Å²) in [7, 11) is 0. The van der Waals surface area contributed by atoms with E-state index in [1.807, 2.05) is 0 Å². The minimum absolute atomic E-state index is 0.416. The number of hydrogen-bond donors (Lipinski definition) is 0. The molecule has 3 heteroatoms. The average Bonchev–Trinajstić information content (AvgIpc) is 3.05. The van der Waals surface area contributed by atoms with Crippen molar-refractivity contribution >= 4 is 31.9 Å². The molecule has 1 aliphatic heterocycles. The van der Waals surface area contributed by atoms with Crippen LogP contribution in [0.15, 0.2) is 16.6 Å². The van der Waals surface area contributed by atoms with Crippen LogP contribution in [0.2, 0.25) is 0 Å². The summed E-state index contributed by atoms with van der Waals surface area (Å²) >= 11 is 7.49. The highest BCUT2D eigenvalue weighted by Gasteiger charge is 2.35. The van der Waals surface area contributed by atoms with E-state index in [2.05, 4.69) is 50.9 Å². The highest BCUT2D eigenvalue weighted by atomic mass is 79.9. The monoisotopic (exact) mass is 358 g/mol. The third-order valence-corrected chi connectivity index (χ3v) is 5.69. The van der Waals surface area contributed by atoms with Gasteiger partial charge in [-0.05, 0) is 42.4 Å². The van der Waals surface area contributed by atoms with Gasteiger partial charge in [0.05, 0.1) is 6.61 Å². The van der Waals surface area contributed by atoms with Gasteiger partial charge in [0.25, 0.3) is 0 Å². The highest BCUT2D eigenvalue weighted by Crippen LogP contribution is 2.49. The molecular formula is C14H16Br2O. The molecule has 1 heterocycles. The van der Waals surface area contributed by atoms with Gasteiger partial charge >= 0.3 is 0 Å². The molecule has 92 valence electrons. The van der Waals surface area contributed by atoms with Crippen LogP contribution in [0.1, 0.15) is 35.7 Å². The van der Waals surface area contributed by atoms with Gasteiger partial charge in [0.1, 0.15) is 5.75 Å². The van der Waals surface area contributed by atoms with E-state index in [4.69, 9.17) is 4.74 Å². The molecule has 3 rings (SSSR count). The topological polar surface area (TPSA) is 9.23 Å². The second-order valence-corrected chi connectivity index (χ2v) is 7.08. The van der Waals surface area contributed by atoms with Crippen LogP contribution < -0.4 is 4.74 Å². The van der Waals surface area contributed by atoms with Crippen molar-refractivity contribution in [2.75, 3.05) is 6.61 Å². The third kappa shape index (κ3) is 2.28. The molecule has 0 saturated heterocycles. The van der Waals surface area contributed by atoms with Crippen molar-refractivity contribution in [2.24, 2.45) is 11.8 Å². The number of fused-ring (bicyclic) bond motifs is 1. The number of hydrogen-bond acceptors (Lipinski definition) is 1. The minimum Gasteiger partial charge on any atom is -0.493 e. The van der Waals surface area contributed by atoms with E-state index >= 15 is 0 Å². The van der Waals surface area contributed by atoms with Gasteiger partial charge in [-0.3, -0.25) is 0 Å². The van der Waals surface area contributed by atoms with Crippen LogP contribution in [-0.4, -0.2) is 6.61 Å². The molecule has 1 aromatic carbocycles. The standard InChI is InChI=1S/C14H16Br2O/c1-8(9-2-3-9)13(16)12-7-11(15)6-10-4-5-17-14(10)12/h6-9,13H,2-5H2,1H3. The Morgan fingerprint density at radius 2 is 2.12 bits per heavy atom. The lowest BCUT2D eigenvalue weighted by atomic mass is 9.94. The van der Waals surface area contributed by atoms with Gasteiger partial charge in [0.15, 0.2) is 0 Å². The molecule has 17 heavy (non-hydrogen) atoms. The van der Waals surface area contributed by atoms with Crippen LogP contribution in [0, 0.1) is 11.8 Å². The van der Waals surface area contributed by atoms with E-state index in [1.165, 1.54) is 28.4 Å². The van der Waals surface area contributed by atoms with Crippen LogP contribution in [0.3, 0.4) is 0 Å². The summed E-state index contributed by atoms with van der Waals surface area (Å²) in [4.78, 5) is 0.416. The van der Waals surface area contributed by atoms with Crippen molar-refractivity contribution in [3.63, 3.8) is 0 Å². The fourth-order valence-electron chi connectivity index (χ4n) is 2.65. The molecular weight excluding hydrogens is 344 g/mol. The molecule has 2 unspecified atom stereocenters. The summed E-state index contributed by atoms with van der Waals surface area (Å²) in [6.45, 7) is 3.18. The average molecular weight is 360 g/mol. The number of benzene rings is 1. The second kappa shape index (κ2) is 4.58. The van der Waals surface area contributed by atoms with Gasteiger partial charge in [0.2, 0.25) is 0 Å². The van der Waals surface area contributed by atoms with Crippen LogP contribution in [0.5, 0.6) is 5.75 Å². The van der Waals surface area contributed by atoms with Gasteiger partial charge in [-0.25, -0.2) is 0 Å². The summed E-state index contributed by atoms with van der Waals surface area (Å²) in [5.74, 6) is 2.72. The zero-order valence-corrected chi connectivity index (χ0v) is 13.1. The highest BCUT2D eigenvalue weighted by molar-refractivity contribution is 9.10. The third-order valence-electron chi connectivity index (χ3n) is 3.90. The Labute approximate surface area is 119 Å². The van der Waals surface area contributed by atoms with Crippen molar-refractivity contribution < 1.29 is 4.74 Å². The Hall–Kier alpha value is -0.0200.